The Morgan fingerprint density at radius 1 is 1.27 bits per heavy atom. The molecule has 1 fully saturated rings. The van der Waals surface area contributed by atoms with E-state index < -0.39 is 6.17 Å². The van der Waals surface area contributed by atoms with Gasteiger partial charge in [-0.05, 0) is 29.5 Å². The lowest BCUT2D eigenvalue weighted by atomic mass is 10.1. The normalized spacial score (nSPS) is 17.7. The first-order chi connectivity index (χ1) is 12.6. The molecule has 1 saturated heterocycles. The van der Waals surface area contributed by atoms with Gasteiger partial charge >= 0.3 is 0 Å². The van der Waals surface area contributed by atoms with Crippen LogP contribution in [0.3, 0.4) is 0 Å². The monoisotopic (exact) mass is 353 g/mol. The van der Waals surface area contributed by atoms with Crippen LogP contribution in [0.25, 0.3) is 21.9 Å². The van der Waals surface area contributed by atoms with Crippen LogP contribution in [0.15, 0.2) is 42.9 Å². The highest BCUT2D eigenvalue weighted by Crippen LogP contribution is 2.25. The van der Waals surface area contributed by atoms with Gasteiger partial charge in [0.1, 0.15) is 12.0 Å². The number of aromatic nitrogens is 3. The maximum Gasteiger partial charge on any atom is 0.239 e. The summed E-state index contributed by atoms with van der Waals surface area (Å²) >= 11 is 0. The van der Waals surface area contributed by atoms with Crippen molar-refractivity contribution in [1.82, 2.24) is 19.7 Å². The minimum absolute atomic E-state index is 0.172. The van der Waals surface area contributed by atoms with Crippen molar-refractivity contribution in [1.29, 1.82) is 0 Å². The quantitative estimate of drug-likeness (QED) is 0.783. The van der Waals surface area contributed by atoms with Gasteiger partial charge in [-0.3, -0.25) is 14.4 Å². The number of rotatable bonds is 4. The van der Waals surface area contributed by atoms with Crippen LogP contribution in [0.5, 0.6) is 0 Å². The third-order valence-electron chi connectivity index (χ3n) is 4.61. The Morgan fingerprint density at radius 2 is 2.15 bits per heavy atom. The number of pyridine rings is 1. The SMILES string of the molecule is Cn1cc(-c2ccc3cnc(NC(=O)CN4CC[C@@H](F)C4)cc3c2)cn1. The van der Waals surface area contributed by atoms with Gasteiger partial charge < -0.3 is 5.32 Å². The van der Waals surface area contributed by atoms with Crippen LogP contribution in [0.4, 0.5) is 10.2 Å². The van der Waals surface area contributed by atoms with Crippen molar-refractivity contribution in [2.45, 2.75) is 12.6 Å². The third-order valence-corrected chi connectivity index (χ3v) is 4.61. The fourth-order valence-electron chi connectivity index (χ4n) is 3.27. The lowest BCUT2D eigenvalue weighted by molar-refractivity contribution is -0.117. The molecule has 1 aliphatic heterocycles. The summed E-state index contributed by atoms with van der Waals surface area (Å²) in [5, 5.41) is 8.99. The number of nitrogens with zero attached hydrogens (tertiary/aromatic N) is 4. The molecule has 6 nitrogen and oxygen atoms in total. The van der Waals surface area contributed by atoms with E-state index in [-0.39, 0.29) is 12.5 Å². The van der Waals surface area contributed by atoms with E-state index in [0.29, 0.717) is 25.3 Å². The molecule has 2 aromatic heterocycles. The first kappa shape index (κ1) is 16.7. The Balaban J connectivity index is 1.51. The van der Waals surface area contributed by atoms with E-state index in [4.69, 9.17) is 0 Å². The number of hydrogen-bond acceptors (Lipinski definition) is 4. The summed E-state index contributed by atoms with van der Waals surface area (Å²) in [7, 11) is 1.88. The van der Waals surface area contributed by atoms with Crippen molar-refractivity contribution in [2.24, 2.45) is 7.05 Å². The average Bonchev–Trinajstić information content (AvgIpc) is 3.22. The first-order valence-electron chi connectivity index (χ1n) is 8.62. The van der Waals surface area contributed by atoms with Gasteiger partial charge in [0.05, 0.1) is 12.7 Å². The van der Waals surface area contributed by atoms with Crippen LogP contribution in [0.1, 0.15) is 6.42 Å². The Kier molecular flexibility index (Phi) is 4.38. The van der Waals surface area contributed by atoms with Crippen molar-refractivity contribution in [2.75, 3.05) is 25.0 Å². The number of fused-ring (bicyclic) bond motifs is 1. The molecule has 0 spiro atoms. The molecule has 0 aliphatic carbocycles. The second kappa shape index (κ2) is 6.84. The molecule has 7 heteroatoms. The van der Waals surface area contributed by atoms with Crippen molar-refractivity contribution >= 4 is 22.5 Å². The van der Waals surface area contributed by atoms with E-state index in [0.717, 1.165) is 21.9 Å². The summed E-state index contributed by atoms with van der Waals surface area (Å²) < 4.78 is 15.0. The number of anilines is 1. The number of aryl methyl sites for hydroxylation is 1. The van der Waals surface area contributed by atoms with E-state index in [9.17, 15) is 9.18 Å². The summed E-state index contributed by atoms with van der Waals surface area (Å²) in [6.45, 7) is 1.14. The molecule has 26 heavy (non-hydrogen) atoms. The van der Waals surface area contributed by atoms with E-state index in [2.05, 4.69) is 21.5 Å². The molecule has 134 valence electrons. The number of likely N-dealkylation sites (tertiary alicyclic amines) is 1. The molecular formula is C19H20FN5O. The van der Waals surface area contributed by atoms with E-state index in [1.165, 1.54) is 0 Å². The first-order valence-corrected chi connectivity index (χ1v) is 8.62. The maximum absolute atomic E-state index is 13.2. The number of nitrogens with one attached hydrogen (secondary N) is 1. The largest absolute Gasteiger partial charge is 0.310 e. The van der Waals surface area contributed by atoms with Gasteiger partial charge in [0, 0.05) is 43.5 Å². The van der Waals surface area contributed by atoms with Gasteiger partial charge in [0.25, 0.3) is 0 Å². The van der Waals surface area contributed by atoms with Crippen LogP contribution < -0.4 is 5.32 Å². The van der Waals surface area contributed by atoms with Crippen molar-refractivity contribution in [3.8, 4) is 11.1 Å². The molecule has 1 aliphatic rings. The van der Waals surface area contributed by atoms with Crippen molar-refractivity contribution in [3.63, 3.8) is 0 Å². The molecule has 0 bridgehead atoms. The Bertz CT molecular complexity index is 954. The highest BCUT2D eigenvalue weighted by atomic mass is 19.1. The molecule has 1 aromatic carbocycles. The van der Waals surface area contributed by atoms with Gasteiger partial charge in [0.2, 0.25) is 5.91 Å². The van der Waals surface area contributed by atoms with Crippen LogP contribution in [-0.2, 0) is 11.8 Å². The molecule has 1 N–H and O–H groups in total. The second-order valence-electron chi connectivity index (χ2n) is 6.70. The summed E-state index contributed by atoms with van der Waals surface area (Å²) in [4.78, 5) is 18.3. The molecule has 0 unspecified atom stereocenters. The van der Waals surface area contributed by atoms with E-state index in [1.807, 2.05) is 42.5 Å². The Hall–Kier alpha value is -2.80. The smallest absolute Gasteiger partial charge is 0.239 e. The number of halogens is 1. The van der Waals surface area contributed by atoms with Crippen LogP contribution in [0.2, 0.25) is 0 Å². The molecular weight excluding hydrogens is 333 g/mol. The maximum atomic E-state index is 13.2. The van der Waals surface area contributed by atoms with Gasteiger partial charge in [-0.15, -0.1) is 0 Å². The summed E-state index contributed by atoms with van der Waals surface area (Å²) in [5.74, 6) is 0.330. The predicted molar refractivity (Wildman–Crippen MR) is 98.5 cm³/mol. The van der Waals surface area contributed by atoms with Gasteiger partial charge in [0.15, 0.2) is 0 Å². The minimum atomic E-state index is -0.826. The number of carbonyl (C=O) groups is 1. The van der Waals surface area contributed by atoms with Gasteiger partial charge in [-0.25, -0.2) is 9.37 Å². The predicted octanol–water partition coefficient (Wildman–Crippen LogP) is 2.62. The molecule has 1 amide bonds. The molecule has 4 rings (SSSR count). The van der Waals surface area contributed by atoms with Crippen LogP contribution >= 0.6 is 0 Å². The number of carbonyl (C=O) groups excluding carboxylic acids is 1. The zero-order chi connectivity index (χ0) is 18.1. The highest BCUT2D eigenvalue weighted by Gasteiger charge is 2.23. The third kappa shape index (κ3) is 3.57. The average molecular weight is 353 g/mol. The molecule has 0 radical (unpaired) electrons. The van der Waals surface area contributed by atoms with Crippen LogP contribution in [0, 0.1) is 0 Å². The fraction of sp³-hybridized carbons (Fsp3) is 0.316. The van der Waals surface area contributed by atoms with Gasteiger partial charge in [-0.2, -0.15) is 5.10 Å². The lowest BCUT2D eigenvalue weighted by Crippen LogP contribution is -2.32. The standard InChI is InChI=1S/C19H20FN5O/c1-24-10-16(9-22-24)13-2-3-14-8-21-18(7-15(14)6-13)23-19(26)12-25-5-4-17(20)11-25/h2-3,6-10,17H,4-5,11-12H2,1H3,(H,21,23,26)/t17-/m1/s1. The van der Waals surface area contributed by atoms with Crippen molar-refractivity contribution in [3.05, 3.63) is 42.9 Å². The number of alkyl halides is 1. The topological polar surface area (TPSA) is 63.1 Å². The fourth-order valence-corrected chi connectivity index (χ4v) is 3.27. The zero-order valence-corrected chi connectivity index (χ0v) is 14.5. The molecule has 1 atom stereocenters. The molecule has 3 heterocycles. The second-order valence-corrected chi connectivity index (χ2v) is 6.70. The molecule has 3 aromatic rings. The minimum Gasteiger partial charge on any atom is -0.310 e. The van der Waals surface area contributed by atoms with E-state index >= 15 is 0 Å². The van der Waals surface area contributed by atoms with E-state index in [1.54, 1.807) is 10.9 Å². The Labute approximate surface area is 150 Å². The number of benzene rings is 1. The van der Waals surface area contributed by atoms with Crippen molar-refractivity contribution < 1.29 is 9.18 Å². The van der Waals surface area contributed by atoms with Gasteiger partial charge in [-0.1, -0.05) is 12.1 Å². The van der Waals surface area contributed by atoms with Crippen LogP contribution in [-0.4, -0.2) is 51.4 Å². The Morgan fingerprint density at radius 3 is 2.88 bits per heavy atom. The molecule has 0 saturated carbocycles. The summed E-state index contributed by atoms with van der Waals surface area (Å²) in [6.07, 6.45) is 5.19. The summed E-state index contributed by atoms with van der Waals surface area (Å²) in [6, 6.07) is 7.94. The zero-order valence-electron chi connectivity index (χ0n) is 14.5. The highest BCUT2D eigenvalue weighted by molar-refractivity contribution is 5.94. The summed E-state index contributed by atoms with van der Waals surface area (Å²) in [5.41, 5.74) is 2.09. The number of amides is 1. The lowest BCUT2D eigenvalue weighted by Gasteiger charge is -2.14. The number of hydrogen-bond donors (Lipinski definition) is 1.